The number of fused-ring (bicyclic) bond motifs is 1. The predicted molar refractivity (Wildman–Crippen MR) is 109 cm³/mol. The molecule has 0 spiro atoms. The van der Waals surface area contributed by atoms with Gasteiger partial charge in [-0.05, 0) is 41.7 Å². The number of Topliss-reactive ketones (excluding diaryl/α,β-unsaturated/α-hetero) is 1. The molecule has 28 heavy (non-hydrogen) atoms. The number of hydrogen-bond donors (Lipinski definition) is 1. The molecule has 0 saturated heterocycles. The fourth-order valence-corrected chi connectivity index (χ4v) is 3.69. The number of nitrogens with one attached hydrogen (secondary N) is 1. The molecule has 0 unspecified atom stereocenters. The first-order valence-electron chi connectivity index (χ1n) is 9.70. The van der Waals surface area contributed by atoms with Crippen LogP contribution in [0.15, 0.2) is 55.0 Å². The van der Waals surface area contributed by atoms with Gasteiger partial charge in [0, 0.05) is 42.5 Å². The van der Waals surface area contributed by atoms with Gasteiger partial charge in [-0.15, -0.1) is 0 Å². The monoisotopic (exact) mass is 373 g/mol. The molecule has 3 aromatic rings. The molecule has 1 amide bonds. The fourth-order valence-electron chi connectivity index (χ4n) is 3.69. The van der Waals surface area contributed by atoms with Crippen LogP contribution < -0.4 is 4.90 Å². The highest BCUT2D eigenvalue weighted by Gasteiger charge is 2.23. The van der Waals surface area contributed by atoms with Crippen molar-refractivity contribution in [2.45, 2.75) is 32.6 Å². The largest absolute Gasteiger partial charge is 0.348 e. The summed E-state index contributed by atoms with van der Waals surface area (Å²) in [6.45, 7) is 2.65. The smallest absolute Gasteiger partial charge is 0.226 e. The van der Waals surface area contributed by atoms with Crippen LogP contribution in [0.5, 0.6) is 0 Å². The number of anilines is 1. The molecule has 142 valence electrons. The molecule has 1 aromatic heterocycles. The number of hydrogen-bond acceptors (Lipinski definition) is 3. The van der Waals surface area contributed by atoms with Crippen molar-refractivity contribution >= 4 is 17.4 Å². The molecule has 1 N–H and O–H groups in total. The molecule has 2 heterocycles. The zero-order valence-electron chi connectivity index (χ0n) is 15.9. The van der Waals surface area contributed by atoms with Crippen molar-refractivity contribution in [3.8, 4) is 11.1 Å². The zero-order chi connectivity index (χ0) is 19.5. The van der Waals surface area contributed by atoms with Crippen LogP contribution in [-0.4, -0.2) is 28.2 Å². The van der Waals surface area contributed by atoms with Gasteiger partial charge in [0.2, 0.25) is 5.91 Å². The molecule has 0 bridgehead atoms. The van der Waals surface area contributed by atoms with Crippen LogP contribution in [0.2, 0.25) is 0 Å². The third-order valence-electron chi connectivity index (χ3n) is 5.30. The third-order valence-corrected chi connectivity index (χ3v) is 5.30. The minimum atomic E-state index is 0.129. The molecule has 0 fully saturated rings. The van der Waals surface area contributed by atoms with Crippen molar-refractivity contribution in [1.82, 2.24) is 9.97 Å². The Hall–Kier alpha value is -3.21. The number of aromatic nitrogens is 2. The third kappa shape index (κ3) is 3.60. The lowest BCUT2D eigenvalue weighted by atomic mass is 9.98. The molecule has 1 aliphatic rings. The number of aryl methyl sites for hydroxylation is 1. The maximum atomic E-state index is 12.4. The summed E-state index contributed by atoms with van der Waals surface area (Å²) in [7, 11) is 0. The quantitative estimate of drug-likeness (QED) is 0.659. The van der Waals surface area contributed by atoms with E-state index in [9.17, 15) is 9.59 Å². The van der Waals surface area contributed by atoms with E-state index in [1.54, 1.807) is 12.5 Å². The average Bonchev–Trinajstić information content (AvgIpc) is 3.41. The summed E-state index contributed by atoms with van der Waals surface area (Å²) in [6.07, 6.45) is 5.91. The lowest BCUT2D eigenvalue weighted by Gasteiger charge is -2.16. The number of nitrogens with zero attached hydrogens (tertiary/aromatic N) is 2. The first kappa shape index (κ1) is 18.2. The van der Waals surface area contributed by atoms with Gasteiger partial charge in [0.1, 0.15) is 0 Å². The van der Waals surface area contributed by atoms with Gasteiger partial charge in [0.05, 0.1) is 6.33 Å². The summed E-state index contributed by atoms with van der Waals surface area (Å²) in [5.41, 5.74) is 6.12. The summed E-state index contributed by atoms with van der Waals surface area (Å²) >= 11 is 0. The van der Waals surface area contributed by atoms with Crippen LogP contribution in [0.3, 0.4) is 0 Å². The fraction of sp³-hybridized carbons (Fsp3) is 0.261. The van der Waals surface area contributed by atoms with E-state index in [2.05, 4.69) is 22.1 Å². The highest BCUT2D eigenvalue weighted by atomic mass is 16.2. The number of ketones is 1. The molecule has 0 radical (unpaired) electrons. The van der Waals surface area contributed by atoms with Gasteiger partial charge in [-0.25, -0.2) is 4.98 Å². The van der Waals surface area contributed by atoms with E-state index in [0.717, 1.165) is 41.0 Å². The average molecular weight is 373 g/mol. The summed E-state index contributed by atoms with van der Waals surface area (Å²) in [5, 5.41) is 0. The Morgan fingerprint density at radius 1 is 1.11 bits per heavy atom. The van der Waals surface area contributed by atoms with Gasteiger partial charge in [0.25, 0.3) is 0 Å². The highest BCUT2D eigenvalue weighted by molar-refractivity contribution is 5.97. The number of carbonyl (C=O) groups is 2. The molecule has 5 heteroatoms. The summed E-state index contributed by atoms with van der Waals surface area (Å²) < 4.78 is 0. The zero-order valence-corrected chi connectivity index (χ0v) is 15.9. The van der Waals surface area contributed by atoms with Crippen molar-refractivity contribution in [2.75, 3.05) is 11.4 Å². The molecule has 1 aliphatic heterocycles. The van der Waals surface area contributed by atoms with Gasteiger partial charge in [0.15, 0.2) is 5.78 Å². The van der Waals surface area contributed by atoms with E-state index in [4.69, 9.17) is 0 Å². The normalized spacial score (nSPS) is 12.8. The lowest BCUT2D eigenvalue weighted by Crippen LogP contribution is -2.27. The molecule has 0 aliphatic carbocycles. The number of benzene rings is 2. The number of H-pyrrole nitrogens is 1. The lowest BCUT2D eigenvalue weighted by molar-refractivity contribution is -0.118. The van der Waals surface area contributed by atoms with Gasteiger partial charge in [-0.3, -0.25) is 9.59 Å². The Balaban J connectivity index is 1.47. The first-order valence-corrected chi connectivity index (χ1v) is 9.70. The number of imidazole rings is 1. The van der Waals surface area contributed by atoms with E-state index < -0.39 is 0 Å². The minimum Gasteiger partial charge on any atom is -0.348 e. The topological polar surface area (TPSA) is 66.1 Å². The van der Waals surface area contributed by atoms with Crippen LogP contribution in [0.1, 0.15) is 41.4 Å². The Kier molecular flexibility index (Phi) is 5.06. The van der Waals surface area contributed by atoms with E-state index in [-0.39, 0.29) is 11.7 Å². The molecule has 2 aromatic carbocycles. The van der Waals surface area contributed by atoms with Crippen molar-refractivity contribution in [3.05, 3.63) is 71.8 Å². The minimum absolute atomic E-state index is 0.129. The number of amides is 1. The summed E-state index contributed by atoms with van der Waals surface area (Å²) in [4.78, 5) is 33.3. The number of aromatic amines is 1. The molecular weight excluding hydrogens is 350 g/mol. The Labute approximate surface area is 164 Å². The molecule has 0 saturated carbocycles. The number of carbonyl (C=O) groups excluding carboxylic acids is 2. The first-order chi connectivity index (χ1) is 13.7. The maximum absolute atomic E-state index is 12.4. The van der Waals surface area contributed by atoms with E-state index in [0.29, 0.717) is 19.3 Å². The van der Waals surface area contributed by atoms with Crippen molar-refractivity contribution < 1.29 is 9.59 Å². The number of rotatable bonds is 6. The Morgan fingerprint density at radius 3 is 2.61 bits per heavy atom. The Bertz CT molecular complexity index is 991. The second-order valence-corrected chi connectivity index (χ2v) is 7.07. The molecular formula is C23H23N3O2. The van der Waals surface area contributed by atoms with Gasteiger partial charge < -0.3 is 9.88 Å². The predicted octanol–water partition coefficient (Wildman–Crippen LogP) is 4.19. The Morgan fingerprint density at radius 2 is 1.89 bits per heavy atom. The van der Waals surface area contributed by atoms with Gasteiger partial charge >= 0.3 is 0 Å². The second-order valence-electron chi connectivity index (χ2n) is 7.07. The van der Waals surface area contributed by atoms with E-state index >= 15 is 0 Å². The molecule has 4 rings (SSSR count). The summed E-state index contributed by atoms with van der Waals surface area (Å²) in [5.74, 6) is 0.299. The summed E-state index contributed by atoms with van der Waals surface area (Å²) in [6, 6.07) is 14.0. The highest BCUT2D eigenvalue weighted by Crippen LogP contribution is 2.32. The van der Waals surface area contributed by atoms with Gasteiger partial charge in [-0.2, -0.15) is 0 Å². The van der Waals surface area contributed by atoms with Crippen molar-refractivity contribution in [1.29, 1.82) is 0 Å². The molecule has 0 atom stereocenters. The van der Waals surface area contributed by atoms with Crippen molar-refractivity contribution in [2.24, 2.45) is 0 Å². The van der Waals surface area contributed by atoms with Crippen LogP contribution in [0.25, 0.3) is 11.1 Å². The maximum Gasteiger partial charge on any atom is 0.226 e. The SMILES string of the molecule is CCC(=O)N1CCc2cc(-c3ccc(C(=O)CCc4cnc[nH]4)cc3)ccc21. The standard InChI is InChI=1S/C23H23N3O2/c1-2-23(28)26-12-11-19-13-18(7-9-21(19)26)16-3-5-17(6-4-16)22(27)10-8-20-14-24-15-25-20/h3-7,9,13-15H,2,8,10-12H2,1H3,(H,24,25). The van der Waals surface area contributed by atoms with Crippen LogP contribution >= 0.6 is 0 Å². The second kappa shape index (κ2) is 7.80. The van der Waals surface area contributed by atoms with Crippen LogP contribution in [0, 0.1) is 0 Å². The van der Waals surface area contributed by atoms with E-state index in [1.807, 2.05) is 42.2 Å². The van der Waals surface area contributed by atoms with Crippen LogP contribution in [-0.2, 0) is 17.6 Å². The van der Waals surface area contributed by atoms with Crippen LogP contribution in [0.4, 0.5) is 5.69 Å². The van der Waals surface area contributed by atoms with Crippen molar-refractivity contribution in [3.63, 3.8) is 0 Å². The van der Waals surface area contributed by atoms with Gasteiger partial charge in [-0.1, -0.05) is 37.3 Å². The van der Waals surface area contributed by atoms with E-state index in [1.165, 1.54) is 5.56 Å². The molecule has 5 nitrogen and oxygen atoms in total.